The fourth-order valence-electron chi connectivity index (χ4n) is 4.13. The van der Waals surface area contributed by atoms with Crippen molar-refractivity contribution in [2.45, 2.75) is 5.92 Å². The molecule has 0 saturated carbocycles. The predicted octanol–water partition coefficient (Wildman–Crippen LogP) is 7.68. The number of hydrogen-bond acceptors (Lipinski definition) is 0. The molecule has 4 aromatic carbocycles. The smallest absolute Gasteiger partial charge is 0.0506 e. The van der Waals surface area contributed by atoms with Crippen LogP contribution in [0.1, 0.15) is 22.6 Å². The van der Waals surface area contributed by atoms with Crippen molar-refractivity contribution >= 4 is 17.0 Å². The van der Waals surface area contributed by atoms with Gasteiger partial charge < -0.3 is 4.98 Å². The van der Waals surface area contributed by atoms with Crippen LogP contribution in [-0.2, 0) is 0 Å². The Labute approximate surface area is 177 Å². The summed E-state index contributed by atoms with van der Waals surface area (Å²) in [5.41, 5.74) is 7.36. The van der Waals surface area contributed by atoms with Gasteiger partial charge >= 0.3 is 0 Å². The number of fused-ring (bicyclic) bond motifs is 1. The van der Waals surface area contributed by atoms with E-state index in [0.29, 0.717) is 0 Å². The first-order valence-electron chi connectivity index (χ1n) is 10.3. The molecule has 1 atom stereocenters. The highest BCUT2D eigenvalue weighted by Gasteiger charge is 2.21. The Balaban J connectivity index is 1.74. The van der Waals surface area contributed by atoms with E-state index in [1.807, 2.05) is 0 Å². The number of benzene rings is 4. The number of aromatic amines is 1. The molecule has 0 aliphatic heterocycles. The minimum absolute atomic E-state index is 0.137. The Morgan fingerprint density at radius 3 is 1.93 bits per heavy atom. The molecule has 1 N–H and O–H groups in total. The Morgan fingerprint density at radius 2 is 1.20 bits per heavy atom. The second kappa shape index (κ2) is 8.26. The molecule has 5 aromatic rings. The van der Waals surface area contributed by atoms with Gasteiger partial charge in [-0.1, -0.05) is 121 Å². The zero-order valence-electron chi connectivity index (χ0n) is 16.7. The van der Waals surface area contributed by atoms with E-state index in [4.69, 9.17) is 0 Å². The molecule has 0 unspecified atom stereocenters. The van der Waals surface area contributed by atoms with E-state index >= 15 is 0 Å². The van der Waals surface area contributed by atoms with Gasteiger partial charge in [0.2, 0.25) is 0 Å². The molecule has 0 saturated heterocycles. The van der Waals surface area contributed by atoms with Crippen LogP contribution in [0.5, 0.6) is 0 Å². The zero-order chi connectivity index (χ0) is 20.2. The van der Waals surface area contributed by atoms with E-state index in [1.54, 1.807) is 0 Å². The standard InChI is InChI=1S/C29H23N/c1-4-12-22(13-5-1)20-21-25(23-14-6-2-7-15-23)28-26-18-10-11-19-27(26)30-29(28)24-16-8-3-9-17-24/h1-21,25,30H/b21-20+/t25-/m1/s1. The van der Waals surface area contributed by atoms with E-state index < -0.39 is 0 Å². The van der Waals surface area contributed by atoms with E-state index in [9.17, 15) is 0 Å². The van der Waals surface area contributed by atoms with E-state index in [1.165, 1.54) is 38.9 Å². The van der Waals surface area contributed by atoms with E-state index in [-0.39, 0.29) is 5.92 Å². The predicted molar refractivity (Wildman–Crippen MR) is 127 cm³/mol. The highest BCUT2D eigenvalue weighted by atomic mass is 14.7. The van der Waals surface area contributed by atoms with Gasteiger partial charge in [0.25, 0.3) is 0 Å². The number of hydrogen-bond donors (Lipinski definition) is 1. The summed E-state index contributed by atoms with van der Waals surface area (Å²) in [5.74, 6) is 0.137. The fourth-order valence-corrected chi connectivity index (χ4v) is 4.13. The van der Waals surface area contributed by atoms with Crippen molar-refractivity contribution in [1.82, 2.24) is 4.98 Å². The molecule has 1 nitrogen and oxygen atoms in total. The minimum atomic E-state index is 0.137. The molecule has 0 spiro atoms. The summed E-state index contributed by atoms with van der Waals surface area (Å²) in [6, 6.07) is 40.5. The summed E-state index contributed by atoms with van der Waals surface area (Å²) in [6.07, 6.45) is 4.56. The van der Waals surface area contributed by atoms with Crippen LogP contribution in [0.3, 0.4) is 0 Å². The molecule has 1 aromatic heterocycles. The van der Waals surface area contributed by atoms with Crippen molar-refractivity contribution in [3.63, 3.8) is 0 Å². The first-order valence-corrected chi connectivity index (χ1v) is 10.3. The third kappa shape index (κ3) is 3.58. The number of nitrogens with one attached hydrogen (secondary N) is 1. The van der Waals surface area contributed by atoms with Crippen LogP contribution in [0.4, 0.5) is 0 Å². The van der Waals surface area contributed by atoms with Gasteiger partial charge in [0.15, 0.2) is 0 Å². The van der Waals surface area contributed by atoms with E-state index in [0.717, 1.165) is 0 Å². The van der Waals surface area contributed by atoms with Crippen molar-refractivity contribution in [3.8, 4) is 11.3 Å². The molecule has 0 aliphatic rings. The first-order chi connectivity index (χ1) is 14.9. The Bertz CT molecular complexity index is 1270. The molecule has 1 heterocycles. The second-order valence-electron chi connectivity index (χ2n) is 7.48. The second-order valence-corrected chi connectivity index (χ2v) is 7.48. The molecule has 0 radical (unpaired) electrons. The van der Waals surface area contributed by atoms with Gasteiger partial charge in [-0.25, -0.2) is 0 Å². The van der Waals surface area contributed by atoms with Crippen molar-refractivity contribution in [3.05, 3.63) is 138 Å². The van der Waals surface area contributed by atoms with Gasteiger partial charge in [-0.2, -0.15) is 0 Å². The lowest BCUT2D eigenvalue weighted by Gasteiger charge is -2.16. The Kier molecular flexibility index (Phi) is 5.01. The molecular formula is C29H23N. The van der Waals surface area contributed by atoms with Gasteiger partial charge in [-0.3, -0.25) is 0 Å². The topological polar surface area (TPSA) is 15.8 Å². The molecule has 5 rings (SSSR count). The van der Waals surface area contributed by atoms with E-state index in [2.05, 4.69) is 132 Å². The first kappa shape index (κ1) is 18.2. The lowest BCUT2D eigenvalue weighted by atomic mass is 9.87. The monoisotopic (exact) mass is 385 g/mol. The van der Waals surface area contributed by atoms with Crippen molar-refractivity contribution in [1.29, 1.82) is 0 Å². The molecule has 0 fully saturated rings. The van der Waals surface area contributed by atoms with Gasteiger partial charge in [0, 0.05) is 16.8 Å². The third-order valence-electron chi connectivity index (χ3n) is 5.56. The maximum absolute atomic E-state index is 3.70. The average Bonchev–Trinajstić information content (AvgIpc) is 3.21. The van der Waals surface area contributed by atoms with Crippen LogP contribution in [0, 0.1) is 0 Å². The number of H-pyrrole nitrogens is 1. The highest BCUT2D eigenvalue weighted by molar-refractivity contribution is 5.92. The lowest BCUT2D eigenvalue weighted by Crippen LogP contribution is -1.99. The molecule has 0 bridgehead atoms. The Hall–Kier alpha value is -3.84. The van der Waals surface area contributed by atoms with Crippen LogP contribution in [0.15, 0.2) is 121 Å². The summed E-state index contributed by atoms with van der Waals surface area (Å²) < 4.78 is 0. The van der Waals surface area contributed by atoms with Crippen LogP contribution < -0.4 is 0 Å². The minimum Gasteiger partial charge on any atom is -0.354 e. The molecule has 0 amide bonds. The molecule has 144 valence electrons. The van der Waals surface area contributed by atoms with Crippen molar-refractivity contribution in [2.24, 2.45) is 0 Å². The largest absolute Gasteiger partial charge is 0.354 e. The Morgan fingerprint density at radius 1 is 0.600 bits per heavy atom. The maximum Gasteiger partial charge on any atom is 0.0506 e. The molecule has 1 heteroatoms. The fraction of sp³-hybridized carbons (Fsp3) is 0.0345. The summed E-state index contributed by atoms with van der Waals surface area (Å²) >= 11 is 0. The SMILES string of the molecule is C(=C\[C@H](c1ccccc1)c1c(-c2ccccc2)[nH]c2ccccc12)/c1ccccc1. The van der Waals surface area contributed by atoms with Gasteiger partial charge in [-0.05, 0) is 28.3 Å². The van der Waals surface area contributed by atoms with Gasteiger partial charge in [-0.15, -0.1) is 0 Å². The number of allylic oxidation sites excluding steroid dienone is 1. The highest BCUT2D eigenvalue weighted by Crippen LogP contribution is 2.39. The van der Waals surface area contributed by atoms with Crippen LogP contribution in [0.25, 0.3) is 28.2 Å². The third-order valence-corrected chi connectivity index (χ3v) is 5.56. The number of para-hydroxylation sites is 1. The van der Waals surface area contributed by atoms with Crippen LogP contribution >= 0.6 is 0 Å². The number of aromatic nitrogens is 1. The van der Waals surface area contributed by atoms with Gasteiger partial charge in [0.05, 0.1) is 5.69 Å². The summed E-state index contributed by atoms with van der Waals surface area (Å²) in [5, 5.41) is 1.27. The quantitative estimate of drug-likeness (QED) is 0.319. The number of rotatable bonds is 5. The normalized spacial score (nSPS) is 12.4. The molecular weight excluding hydrogens is 362 g/mol. The summed E-state index contributed by atoms with van der Waals surface area (Å²) in [4.78, 5) is 3.70. The molecule has 30 heavy (non-hydrogen) atoms. The van der Waals surface area contributed by atoms with Crippen molar-refractivity contribution in [2.75, 3.05) is 0 Å². The van der Waals surface area contributed by atoms with Crippen molar-refractivity contribution < 1.29 is 0 Å². The summed E-state index contributed by atoms with van der Waals surface area (Å²) in [7, 11) is 0. The van der Waals surface area contributed by atoms with Crippen LogP contribution in [0.2, 0.25) is 0 Å². The lowest BCUT2D eigenvalue weighted by molar-refractivity contribution is 1.05. The van der Waals surface area contributed by atoms with Crippen LogP contribution in [-0.4, -0.2) is 4.98 Å². The summed E-state index contributed by atoms with van der Waals surface area (Å²) in [6.45, 7) is 0. The maximum atomic E-state index is 3.70. The zero-order valence-corrected chi connectivity index (χ0v) is 16.7. The average molecular weight is 386 g/mol. The molecule has 0 aliphatic carbocycles. The van der Waals surface area contributed by atoms with Gasteiger partial charge in [0.1, 0.15) is 0 Å².